The summed E-state index contributed by atoms with van der Waals surface area (Å²) in [6.07, 6.45) is 2.84. The highest BCUT2D eigenvalue weighted by molar-refractivity contribution is 7.87. The molecular weight excluding hydrogens is 240 g/mol. The summed E-state index contributed by atoms with van der Waals surface area (Å²) in [5.41, 5.74) is 0.991. The zero-order valence-corrected chi connectivity index (χ0v) is 10.3. The van der Waals surface area contributed by atoms with Crippen LogP contribution in [0.25, 0.3) is 0 Å². The van der Waals surface area contributed by atoms with Gasteiger partial charge in [-0.15, -0.1) is 0 Å². The van der Waals surface area contributed by atoms with E-state index in [2.05, 4.69) is 5.10 Å². The molecule has 0 bridgehead atoms. The van der Waals surface area contributed by atoms with Crippen LogP contribution in [0.15, 0.2) is 41.6 Å². The quantitative estimate of drug-likeness (QED) is 0.777. The van der Waals surface area contributed by atoms with Crippen molar-refractivity contribution in [1.29, 1.82) is 0 Å². The molecule has 1 aromatic heterocycles. The van der Waals surface area contributed by atoms with Gasteiger partial charge in [-0.3, -0.25) is 4.68 Å². The SMILES string of the molecule is Cc1ccc(S(=O)(=O)Oc2cnn(C)c2)cc1. The molecule has 0 spiro atoms. The van der Waals surface area contributed by atoms with Crippen molar-refractivity contribution >= 4 is 10.1 Å². The molecule has 5 nitrogen and oxygen atoms in total. The minimum atomic E-state index is -3.77. The lowest BCUT2D eigenvalue weighted by Gasteiger charge is -2.04. The monoisotopic (exact) mass is 252 g/mol. The lowest BCUT2D eigenvalue weighted by Crippen LogP contribution is -2.09. The zero-order valence-electron chi connectivity index (χ0n) is 9.49. The molecule has 0 N–H and O–H groups in total. The van der Waals surface area contributed by atoms with Crippen molar-refractivity contribution < 1.29 is 12.6 Å². The Morgan fingerprint density at radius 3 is 2.41 bits per heavy atom. The molecule has 17 heavy (non-hydrogen) atoms. The van der Waals surface area contributed by atoms with Gasteiger partial charge in [0.05, 0.1) is 12.4 Å². The highest BCUT2D eigenvalue weighted by Crippen LogP contribution is 2.17. The number of aryl methyl sites for hydroxylation is 2. The van der Waals surface area contributed by atoms with Gasteiger partial charge >= 0.3 is 10.1 Å². The number of hydrogen-bond acceptors (Lipinski definition) is 4. The zero-order chi connectivity index (χ0) is 12.5. The molecule has 6 heteroatoms. The summed E-state index contributed by atoms with van der Waals surface area (Å²) in [5, 5.41) is 3.84. The second-order valence-electron chi connectivity index (χ2n) is 3.70. The first-order chi connectivity index (χ1) is 7.97. The fraction of sp³-hybridized carbons (Fsp3) is 0.182. The Morgan fingerprint density at radius 2 is 1.88 bits per heavy atom. The van der Waals surface area contributed by atoms with Crippen LogP contribution in [0.2, 0.25) is 0 Å². The summed E-state index contributed by atoms with van der Waals surface area (Å²) in [6, 6.07) is 6.47. The predicted octanol–water partition coefficient (Wildman–Crippen LogP) is 1.50. The van der Waals surface area contributed by atoms with E-state index in [9.17, 15) is 8.42 Å². The molecule has 90 valence electrons. The topological polar surface area (TPSA) is 61.2 Å². The van der Waals surface area contributed by atoms with Gasteiger partial charge in [0.1, 0.15) is 4.90 Å². The summed E-state index contributed by atoms with van der Waals surface area (Å²) >= 11 is 0. The number of hydrogen-bond donors (Lipinski definition) is 0. The summed E-state index contributed by atoms with van der Waals surface area (Å²) in [7, 11) is -2.08. The van der Waals surface area contributed by atoms with E-state index in [-0.39, 0.29) is 10.6 Å². The van der Waals surface area contributed by atoms with Crippen LogP contribution >= 0.6 is 0 Å². The Bertz CT molecular complexity index is 614. The van der Waals surface area contributed by atoms with Crippen molar-refractivity contribution in [3.63, 3.8) is 0 Å². The van der Waals surface area contributed by atoms with Gasteiger partial charge in [-0.25, -0.2) is 0 Å². The first-order valence-corrected chi connectivity index (χ1v) is 6.38. The summed E-state index contributed by atoms with van der Waals surface area (Å²) in [5.74, 6) is 0.202. The van der Waals surface area contributed by atoms with Crippen LogP contribution in [0.3, 0.4) is 0 Å². The van der Waals surface area contributed by atoms with Crippen molar-refractivity contribution in [1.82, 2.24) is 9.78 Å². The molecule has 0 aliphatic carbocycles. The molecule has 0 unspecified atom stereocenters. The van der Waals surface area contributed by atoms with Gasteiger partial charge in [0.15, 0.2) is 5.75 Å². The Morgan fingerprint density at radius 1 is 1.24 bits per heavy atom. The van der Waals surface area contributed by atoms with Crippen LogP contribution < -0.4 is 4.18 Å². The van der Waals surface area contributed by atoms with Gasteiger partial charge < -0.3 is 4.18 Å². The lowest BCUT2D eigenvalue weighted by molar-refractivity contribution is 0.486. The fourth-order valence-corrected chi connectivity index (χ4v) is 2.23. The molecule has 0 saturated carbocycles. The predicted molar refractivity (Wildman–Crippen MR) is 62.2 cm³/mol. The lowest BCUT2D eigenvalue weighted by atomic mass is 10.2. The van der Waals surface area contributed by atoms with Crippen molar-refractivity contribution in [2.75, 3.05) is 0 Å². The molecule has 0 amide bonds. The number of benzene rings is 1. The normalized spacial score (nSPS) is 11.4. The van der Waals surface area contributed by atoms with Crippen molar-refractivity contribution in [2.24, 2.45) is 7.05 Å². The fourth-order valence-electron chi connectivity index (χ4n) is 1.32. The van der Waals surface area contributed by atoms with E-state index in [1.165, 1.54) is 29.2 Å². The maximum Gasteiger partial charge on any atom is 0.339 e. The average molecular weight is 252 g/mol. The molecule has 2 rings (SSSR count). The third-order valence-electron chi connectivity index (χ3n) is 2.20. The molecule has 1 aromatic carbocycles. The third kappa shape index (κ3) is 2.65. The molecule has 0 radical (unpaired) electrons. The Balaban J connectivity index is 2.28. The first-order valence-electron chi connectivity index (χ1n) is 4.97. The molecule has 0 aliphatic heterocycles. The number of rotatable bonds is 3. The number of nitrogens with zero attached hydrogens (tertiary/aromatic N) is 2. The van der Waals surface area contributed by atoms with Gasteiger partial charge in [0, 0.05) is 7.05 Å². The van der Waals surface area contributed by atoms with Gasteiger partial charge in [-0.05, 0) is 19.1 Å². The molecule has 1 heterocycles. The van der Waals surface area contributed by atoms with Crippen LogP contribution in [-0.4, -0.2) is 18.2 Å². The molecule has 0 fully saturated rings. The number of aromatic nitrogens is 2. The maximum atomic E-state index is 11.9. The van der Waals surface area contributed by atoms with Crippen LogP contribution in [0.5, 0.6) is 5.75 Å². The second-order valence-corrected chi connectivity index (χ2v) is 5.25. The molecule has 2 aromatic rings. The molecule has 0 atom stereocenters. The highest BCUT2D eigenvalue weighted by atomic mass is 32.2. The van der Waals surface area contributed by atoms with Crippen LogP contribution in [0.4, 0.5) is 0 Å². The first kappa shape index (κ1) is 11.7. The Kier molecular flexibility index (Phi) is 2.89. The third-order valence-corrected chi connectivity index (χ3v) is 3.46. The minimum absolute atomic E-state index is 0.131. The van der Waals surface area contributed by atoms with Gasteiger partial charge in [-0.2, -0.15) is 13.5 Å². The molecule has 0 saturated heterocycles. The summed E-state index contributed by atoms with van der Waals surface area (Å²) in [4.78, 5) is 0.131. The van der Waals surface area contributed by atoms with Gasteiger partial charge in [-0.1, -0.05) is 17.7 Å². The van der Waals surface area contributed by atoms with E-state index in [1.807, 2.05) is 6.92 Å². The average Bonchev–Trinajstić information content (AvgIpc) is 2.63. The largest absolute Gasteiger partial charge is 0.376 e. The van der Waals surface area contributed by atoms with Gasteiger partial charge in [0.2, 0.25) is 0 Å². The van der Waals surface area contributed by atoms with E-state index in [0.29, 0.717) is 0 Å². The van der Waals surface area contributed by atoms with Crippen LogP contribution in [-0.2, 0) is 17.2 Å². The van der Waals surface area contributed by atoms with Crippen molar-refractivity contribution in [3.8, 4) is 5.75 Å². The molecular formula is C11H12N2O3S. The smallest absolute Gasteiger partial charge is 0.339 e. The highest BCUT2D eigenvalue weighted by Gasteiger charge is 2.16. The van der Waals surface area contributed by atoms with E-state index in [1.54, 1.807) is 19.2 Å². The maximum absolute atomic E-state index is 11.9. The van der Waals surface area contributed by atoms with E-state index < -0.39 is 10.1 Å². The van der Waals surface area contributed by atoms with E-state index in [0.717, 1.165) is 5.56 Å². The second kappa shape index (κ2) is 4.21. The Hall–Kier alpha value is -1.82. The van der Waals surface area contributed by atoms with Crippen LogP contribution in [0.1, 0.15) is 5.56 Å². The standard InChI is InChI=1S/C11H12N2O3S/c1-9-3-5-11(6-4-9)17(14,15)16-10-7-12-13(2)8-10/h3-8H,1-2H3. The summed E-state index contributed by atoms with van der Waals surface area (Å²) in [6.45, 7) is 1.89. The Labute approximate surface area is 99.8 Å². The molecule has 0 aliphatic rings. The minimum Gasteiger partial charge on any atom is -0.376 e. The van der Waals surface area contributed by atoms with E-state index >= 15 is 0 Å². The summed E-state index contributed by atoms with van der Waals surface area (Å²) < 4.78 is 30.1. The van der Waals surface area contributed by atoms with Crippen molar-refractivity contribution in [3.05, 3.63) is 42.2 Å². The van der Waals surface area contributed by atoms with Crippen LogP contribution in [0, 0.1) is 6.92 Å². The van der Waals surface area contributed by atoms with Crippen molar-refractivity contribution in [2.45, 2.75) is 11.8 Å². The van der Waals surface area contributed by atoms with E-state index in [4.69, 9.17) is 4.18 Å². The van der Waals surface area contributed by atoms with Gasteiger partial charge in [0.25, 0.3) is 0 Å².